The van der Waals surface area contributed by atoms with Crippen molar-refractivity contribution in [2.75, 3.05) is 0 Å². The average Bonchev–Trinajstić information content (AvgIpc) is 2.35. The molecule has 0 N–H and O–H groups in total. The molecule has 1 aliphatic carbocycles. The summed E-state index contributed by atoms with van der Waals surface area (Å²) < 4.78 is 6.08. The van der Waals surface area contributed by atoms with Crippen LogP contribution in [0.4, 0.5) is 0 Å². The van der Waals surface area contributed by atoms with Gasteiger partial charge in [0.2, 0.25) is 0 Å². The molecule has 0 radical (unpaired) electrons. The molecule has 1 unspecified atom stereocenters. The Hall–Kier alpha value is -0.530. The van der Waals surface area contributed by atoms with Crippen molar-refractivity contribution < 1.29 is 9.53 Å². The van der Waals surface area contributed by atoms with Gasteiger partial charge in [0.1, 0.15) is 5.60 Å². The highest BCUT2D eigenvalue weighted by Crippen LogP contribution is 2.38. The highest BCUT2D eigenvalue weighted by atomic mass is 16.6. The second-order valence-electron chi connectivity index (χ2n) is 8.07. The molecule has 0 aromatic rings. The Bertz CT molecular complexity index is 306. The molecule has 0 spiro atoms. The van der Waals surface area contributed by atoms with E-state index in [0.717, 1.165) is 25.7 Å². The normalized spacial score (nSPS) is 20.8. The Morgan fingerprint density at radius 3 is 2.10 bits per heavy atom. The van der Waals surface area contributed by atoms with Crippen LogP contribution in [-0.2, 0) is 9.53 Å². The van der Waals surface area contributed by atoms with Gasteiger partial charge in [0, 0.05) is 0 Å². The van der Waals surface area contributed by atoms with Crippen molar-refractivity contribution in [3.63, 3.8) is 0 Å². The van der Waals surface area contributed by atoms with Crippen LogP contribution < -0.4 is 0 Å². The van der Waals surface area contributed by atoms with E-state index in [-0.39, 0.29) is 22.9 Å². The fraction of sp³-hybridized carbons (Fsp3) is 0.944. The molecular weight excluding hydrogens is 248 g/mol. The lowest BCUT2D eigenvalue weighted by molar-refractivity contribution is -0.173. The van der Waals surface area contributed by atoms with Gasteiger partial charge in [-0.05, 0) is 49.9 Å². The fourth-order valence-corrected chi connectivity index (χ4v) is 3.28. The minimum atomic E-state index is -0.171. The predicted octanol–water partition coefficient (Wildman–Crippen LogP) is 5.35. The lowest BCUT2D eigenvalue weighted by atomic mass is 9.76. The first-order valence-electron chi connectivity index (χ1n) is 8.43. The highest BCUT2D eigenvalue weighted by molar-refractivity contribution is 5.73. The number of rotatable bonds is 5. The summed E-state index contributed by atoms with van der Waals surface area (Å²) in [5.74, 6) is 0.568. The van der Waals surface area contributed by atoms with E-state index in [1.807, 2.05) is 0 Å². The SMILES string of the molecule is CCC1(OC(=O)C(CC(C)C)C(C)(C)C)CCCCC1. The molecule has 0 aromatic heterocycles. The zero-order valence-electron chi connectivity index (χ0n) is 14.4. The predicted molar refractivity (Wildman–Crippen MR) is 84.6 cm³/mol. The standard InChI is InChI=1S/C18H34O2/c1-7-18(11-9-8-10-12-18)20-16(19)15(13-14(2)3)17(4,5)6/h14-15H,7-13H2,1-6H3. The van der Waals surface area contributed by atoms with Crippen molar-refractivity contribution >= 4 is 5.97 Å². The van der Waals surface area contributed by atoms with Crippen LogP contribution in [0.5, 0.6) is 0 Å². The molecule has 1 rings (SSSR count). The Labute approximate surface area is 125 Å². The quantitative estimate of drug-likeness (QED) is 0.635. The number of esters is 1. The molecule has 1 aliphatic rings. The molecule has 0 bridgehead atoms. The summed E-state index contributed by atoms with van der Waals surface area (Å²) >= 11 is 0. The maximum atomic E-state index is 12.7. The van der Waals surface area contributed by atoms with E-state index in [1.54, 1.807) is 0 Å². The van der Waals surface area contributed by atoms with Crippen LogP contribution in [0.1, 0.15) is 86.5 Å². The molecule has 0 aliphatic heterocycles. The Morgan fingerprint density at radius 1 is 1.15 bits per heavy atom. The number of carbonyl (C=O) groups is 1. The molecule has 2 heteroatoms. The maximum Gasteiger partial charge on any atom is 0.310 e. The summed E-state index contributed by atoms with van der Waals surface area (Å²) in [6.07, 6.45) is 7.66. The summed E-state index contributed by atoms with van der Waals surface area (Å²) in [6, 6.07) is 0. The smallest absolute Gasteiger partial charge is 0.310 e. The van der Waals surface area contributed by atoms with E-state index in [0.29, 0.717) is 5.92 Å². The number of hydrogen-bond acceptors (Lipinski definition) is 2. The maximum absolute atomic E-state index is 12.7. The lowest BCUT2D eigenvalue weighted by Crippen LogP contribution is -2.41. The highest BCUT2D eigenvalue weighted by Gasteiger charge is 2.39. The monoisotopic (exact) mass is 282 g/mol. The molecule has 2 nitrogen and oxygen atoms in total. The Morgan fingerprint density at radius 2 is 1.70 bits per heavy atom. The molecule has 0 aromatic carbocycles. The molecular formula is C18H34O2. The zero-order valence-corrected chi connectivity index (χ0v) is 14.4. The van der Waals surface area contributed by atoms with Crippen molar-refractivity contribution in [2.45, 2.75) is 92.1 Å². The molecule has 118 valence electrons. The molecule has 0 saturated heterocycles. The summed E-state index contributed by atoms with van der Waals surface area (Å²) in [5.41, 5.74) is -0.194. The third-order valence-electron chi connectivity index (χ3n) is 4.76. The van der Waals surface area contributed by atoms with Gasteiger partial charge < -0.3 is 4.74 Å². The largest absolute Gasteiger partial charge is 0.459 e. The Kier molecular flexibility index (Phi) is 6.09. The van der Waals surface area contributed by atoms with Crippen LogP contribution in [-0.4, -0.2) is 11.6 Å². The van der Waals surface area contributed by atoms with Crippen molar-refractivity contribution in [1.82, 2.24) is 0 Å². The van der Waals surface area contributed by atoms with E-state index in [4.69, 9.17) is 4.74 Å². The van der Waals surface area contributed by atoms with E-state index in [9.17, 15) is 4.79 Å². The molecule has 1 atom stereocenters. The third-order valence-corrected chi connectivity index (χ3v) is 4.76. The van der Waals surface area contributed by atoms with Crippen molar-refractivity contribution in [3.05, 3.63) is 0 Å². The summed E-state index contributed by atoms with van der Waals surface area (Å²) in [5, 5.41) is 0. The minimum Gasteiger partial charge on any atom is -0.459 e. The van der Waals surface area contributed by atoms with Crippen molar-refractivity contribution in [2.24, 2.45) is 17.3 Å². The second kappa shape index (κ2) is 6.95. The Balaban J connectivity index is 2.78. The number of ether oxygens (including phenoxy) is 1. The van der Waals surface area contributed by atoms with Crippen LogP contribution in [0.3, 0.4) is 0 Å². The fourth-order valence-electron chi connectivity index (χ4n) is 3.28. The van der Waals surface area contributed by atoms with Gasteiger partial charge in [-0.15, -0.1) is 0 Å². The topological polar surface area (TPSA) is 26.3 Å². The van der Waals surface area contributed by atoms with Crippen molar-refractivity contribution in [1.29, 1.82) is 0 Å². The number of hydrogen-bond donors (Lipinski definition) is 0. The average molecular weight is 282 g/mol. The summed E-state index contributed by atoms with van der Waals surface area (Å²) in [7, 11) is 0. The van der Waals surface area contributed by atoms with Gasteiger partial charge in [0.15, 0.2) is 0 Å². The first-order valence-corrected chi connectivity index (χ1v) is 8.43. The van der Waals surface area contributed by atoms with E-state index in [2.05, 4.69) is 41.5 Å². The van der Waals surface area contributed by atoms with Gasteiger partial charge >= 0.3 is 5.97 Å². The van der Waals surface area contributed by atoms with Gasteiger partial charge in [0.25, 0.3) is 0 Å². The van der Waals surface area contributed by atoms with Crippen molar-refractivity contribution in [3.8, 4) is 0 Å². The summed E-state index contributed by atoms with van der Waals surface area (Å²) in [6.45, 7) is 13.0. The van der Waals surface area contributed by atoms with E-state index < -0.39 is 0 Å². The first kappa shape index (κ1) is 17.5. The number of carbonyl (C=O) groups excluding carboxylic acids is 1. The van der Waals surface area contributed by atoms with E-state index in [1.165, 1.54) is 19.3 Å². The summed E-state index contributed by atoms with van der Waals surface area (Å²) in [4.78, 5) is 12.7. The molecule has 1 fully saturated rings. The van der Waals surface area contributed by atoms with Crippen LogP contribution in [0, 0.1) is 17.3 Å². The van der Waals surface area contributed by atoms with Gasteiger partial charge in [0.05, 0.1) is 5.92 Å². The second-order valence-corrected chi connectivity index (χ2v) is 8.07. The van der Waals surface area contributed by atoms with Gasteiger partial charge in [-0.25, -0.2) is 0 Å². The molecule has 0 amide bonds. The van der Waals surface area contributed by atoms with Crippen LogP contribution in [0.25, 0.3) is 0 Å². The minimum absolute atomic E-state index is 0.00727. The first-order chi connectivity index (χ1) is 9.20. The van der Waals surface area contributed by atoms with Crippen LogP contribution in [0.2, 0.25) is 0 Å². The molecule has 20 heavy (non-hydrogen) atoms. The van der Waals surface area contributed by atoms with E-state index >= 15 is 0 Å². The third kappa shape index (κ3) is 4.79. The van der Waals surface area contributed by atoms with Crippen LogP contribution in [0.15, 0.2) is 0 Å². The van der Waals surface area contributed by atoms with Gasteiger partial charge in [-0.3, -0.25) is 4.79 Å². The van der Waals surface area contributed by atoms with Gasteiger partial charge in [-0.1, -0.05) is 48.0 Å². The lowest BCUT2D eigenvalue weighted by Gasteiger charge is -2.39. The zero-order chi connectivity index (χ0) is 15.4. The van der Waals surface area contributed by atoms with Gasteiger partial charge in [-0.2, -0.15) is 0 Å². The molecule has 0 heterocycles. The van der Waals surface area contributed by atoms with Crippen LogP contribution >= 0.6 is 0 Å². The molecule has 1 saturated carbocycles.